The highest BCUT2D eigenvalue weighted by Gasteiger charge is 2.24. The van der Waals surface area contributed by atoms with Crippen LogP contribution in [0, 0.1) is 0 Å². The number of H-pyrrole nitrogens is 1. The third-order valence-corrected chi connectivity index (χ3v) is 3.76. The molecule has 0 saturated carbocycles. The van der Waals surface area contributed by atoms with Crippen molar-refractivity contribution in [2.75, 3.05) is 13.9 Å². The minimum atomic E-state index is -0.102. The second-order valence-corrected chi connectivity index (χ2v) is 5.18. The van der Waals surface area contributed by atoms with Gasteiger partial charge in [-0.2, -0.15) is 0 Å². The quantitative estimate of drug-likeness (QED) is 0.860. The first-order chi connectivity index (χ1) is 10.2. The van der Waals surface area contributed by atoms with Gasteiger partial charge in [-0.3, -0.25) is 4.79 Å². The van der Waals surface area contributed by atoms with Gasteiger partial charge in [0.25, 0.3) is 0 Å². The van der Waals surface area contributed by atoms with Crippen molar-refractivity contribution in [1.82, 2.24) is 4.98 Å². The Labute approximate surface area is 122 Å². The van der Waals surface area contributed by atoms with Gasteiger partial charge >= 0.3 is 0 Å². The number of rotatable bonds is 5. The molecular formula is C16H19NO4. The van der Waals surface area contributed by atoms with Crippen LogP contribution in [0.4, 0.5) is 0 Å². The molecule has 1 aromatic heterocycles. The maximum absolute atomic E-state index is 11.9. The molecule has 3 rings (SSSR count). The maximum atomic E-state index is 11.9. The first-order valence-electron chi connectivity index (χ1n) is 7.27. The number of fused-ring (bicyclic) bond motifs is 2. The standard InChI is InChI=1S/C16H19NO4/c1-3-4-5-6-10-7-13(18)17-11-8-12-15(21-9-20-12)16(19-2)14(10)11/h7-8H,3-6,9H2,1-2H3,(H,17,18). The van der Waals surface area contributed by atoms with E-state index in [-0.39, 0.29) is 12.4 Å². The summed E-state index contributed by atoms with van der Waals surface area (Å²) >= 11 is 0. The predicted molar refractivity (Wildman–Crippen MR) is 80.5 cm³/mol. The zero-order valence-corrected chi connectivity index (χ0v) is 12.3. The SMILES string of the molecule is CCCCCc1cc(=O)[nH]c2cc3c(c(OC)c12)OCO3. The third kappa shape index (κ3) is 2.44. The Kier molecular flexibility index (Phi) is 3.73. The van der Waals surface area contributed by atoms with Crippen molar-refractivity contribution in [2.45, 2.75) is 32.6 Å². The van der Waals surface area contributed by atoms with Crippen LogP contribution in [0.5, 0.6) is 17.2 Å². The fraction of sp³-hybridized carbons (Fsp3) is 0.438. The molecule has 112 valence electrons. The molecule has 0 radical (unpaired) electrons. The smallest absolute Gasteiger partial charge is 0.248 e. The minimum absolute atomic E-state index is 0.102. The molecule has 0 saturated heterocycles. The highest BCUT2D eigenvalue weighted by molar-refractivity contribution is 5.93. The van der Waals surface area contributed by atoms with Crippen molar-refractivity contribution < 1.29 is 14.2 Å². The molecule has 0 fully saturated rings. The van der Waals surface area contributed by atoms with Crippen LogP contribution in [0.3, 0.4) is 0 Å². The summed E-state index contributed by atoms with van der Waals surface area (Å²) in [7, 11) is 1.61. The summed E-state index contributed by atoms with van der Waals surface area (Å²) in [5.74, 6) is 1.87. The van der Waals surface area contributed by atoms with Gasteiger partial charge in [0.05, 0.1) is 12.6 Å². The summed E-state index contributed by atoms with van der Waals surface area (Å²) in [5, 5.41) is 0.914. The summed E-state index contributed by atoms with van der Waals surface area (Å²) in [6.07, 6.45) is 4.18. The summed E-state index contributed by atoms with van der Waals surface area (Å²) < 4.78 is 16.4. The lowest BCUT2D eigenvalue weighted by Gasteiger charge is -2.12. The van der Waals surface area contributed by atoms with Gasteiger partial charge in [0, 0.05) is 17.5 Å². The topological polar surface area (TPSA) is 60.6 Å². The Morgan fingerprint density at radius 3 is 2.90 bits per heavy atom. The molecular weight excluding hydrogens is 270 g/mol. The fourth-order valence-corrected chi connectivity index (χ4v) is 2.79. The lowest BCUT2D eigenvalue weighted by Crippen LogP contribution is -2.07. The lowest BCUT2D eigenvalue weighted by atomic mass is 10.0. The van der Waals surface area contributed by atoms with E-state index in [1.54, 1.807) is 13.2 Å². The molecule has 0 atom stereocenters. The van der Waals surface area contributed by atoms with Crippen LogP contribution >= 0.6 is 0 Å². The van der Waals surface area contributed by atoms with Gasteiger partial charge in [-0.15, -0.1) is 0 Å². The molecule has 2 heterocycles. The number of benzene rings is 1. The van der Waals surface area contributed by atoms with Gasteiger partial charge in [0.1, 0.15) is 0 Å². The summed E-state index contributed by atoms with van der Waals surface area (Å²) in [4.78, 5) is 14.7. The van der Waals surface area contributed by atoms with Gasteiger partial charge < -0.3 is 19.2 Å². The molecule has 0 amide bonds. The van der Waals surface area contributed by atoms with E-state index in [1.165, 1.54) is 0 Å². The number of methoxy groups -OCH3 is 1. The number of unbranched alkanes of at least 4 members (excludes halogenated alkanes) is 2. The van der Waals surface area contributed by atoms with E-state index in [0.29, 0.717) is 17.2 Å². The Morgan fingerprint density at radius 2 is 2.14 bits per heavy atom. The van der Waals surface area contributed by atoms with E-state index in [2.05, 4.69) is 11.9 Å². The van der Waals surface area contributed by atoms with Crippen LogP contribution < -0.4 is 19.8 Å². The number of aryl methyl sites for hydroxylation is 1. The van der Waals surface area contributed by atoms with Crippen molar-refractivity contribution in [3.63, 3.8) is 0 Å². The number of pyridine rings is 1. The first-order valence-corrected chi connectivity index (χ1v) is 7.27. The predicted octanol–water partition coefficient (Wildman–Crippen LogP) is 3.00. The van der Waals surface area contributed by atoms with E-state index < -0.39 is 0 Å². The lowest BCUT2D eigenvalue weighted by molar-refractivity contribution is 0.171. The van der Waals surface area contributed by atoms with Gasteiger partial charge in [-0.1, -0.05) is 19.8 Å². The van der Waals surface area contributed by atoms with Crippen LogP contribution in [0.1, 0.15) is 31.7 Å². The van der Waals surface area contributed by atoms with Crippen molar-refractivity contribution in [1.29, 1.82) is 0 Å². The second kappa shape index (κ2) is 5.68. The number of nitrogens with one attached hydrogen (secondary N) is 1. The van der Waals surface area contributed by atoms with Crippen molar-refractivity contribution in [2.24, 2.45) is 0 Å². The molecule has 0 aliphatic carbocycles. The molecule has 5 heteroatoms. The molecule has 1 N–H and O–H groups in total. The number of aromatic nitrogens is 1. The summed E-state index contributed by atoms with van der Waals surface area (Å²) in [6, 6.07) is 3.47. The van der Waals surface area contributed by atoms with Crippen molar-refractivity contribution in [3.05, 3.63) is 28.0 Å². The highest BCUT2D eigenvalue weighted by atomic mass is 16.7. The van der Waals surface area contributed by atoms with Crippen molar-refractivity contribution >= 4 is 10.9 Å². The van der Waals surface area contributed by atoms with E-state index in [0.717, 1.165) is 42.1 Å². The number of hydrogen-bond donors (Lipinski definition) is 1. The molecule has 0 unspecified atom stereocenters. The molecule has 0 spiro atoms. The number of aromatic amines is 1. The summed E-state index contributed by atoms with van der Waals surface area (Å²) in [5.41, 5.74) is 1.63. The summed E-state index contributed by atoms with van der Waals surface area (Å²) in [6.45, 7) is 2.34. The Bertz CT molecular complexity index is 720. The minimum Gasteiger partial charge on any atom is -0.492 e. The van der Waals surface area contributed by atoms with Crippen LogP contribution in [0.2, 0.25) is 0 Å². The van der Waals surface area contributed by atoms with Crippen LogP contribution in [0.25, 0.3) is 10.9 Å². The average molecular weight is 289 g/mol. The largest absolute Gasteiger partial charge is 0.492 e. The fourth-order valence-electron chi connectivity index (χ4n) is 2.79. The molecule has 1 aromatic carbocycles. The molecule has 2 aromatic rings. The number of ether oxygens (including phenoxy) is 3. The Morgan fingerprint density at radius 1 is 1.29 bits per heavy atom. The Hall–Kier alpha value is -2.17. The van der Waals surface area contributed by atoms with E-state index in [4.69, 9.17) is 14.2 Å². The first kappa shape index (κ1) is 13.8. The van der Waals surface area contributed by atoms with Gasteiger partial charge in [-0.05, 0) is 18.4 Å². The second-order valence-electron chi connectivity index (χ2n) is 5.18. The maximum Gasteiger partial charge on any atom is 0.248 e. The number of hydrogen-bond acceptors (Lipinski definition) is 4. The van der Waals surface area contributed by atoms with Crippen LogP contribution in [-0.2, 0) is 6.42 Å². The van der Waals surface area contributed by atoms with E-state index in [9.17, 15) is 4.79 Å². The zero-order chi connectivity index (χ0) is 14.8. The molecule has 0 bridgehead atoms. The van der Waals surface area contributed by atoms with Crippen LogP contribution in [-0.4, -0.2) is 18.9 Å². The van der Waals surface area contributed by atoms with Crippen LogP contribution in [0.15, 0.2) is 16.9 Å². The highest BCUT2D eigenvalue weighted by Crippen LogP contribution is 2.46. The monoisotopic (exact) mass is 289 g/mol. The van der Waals surface area contributed by atoms with Gasteiger partial charge in [0.2, 0.25) is 18.1 Å². The van der Waals surface area contributed by atoms with Gasteiger partial charge in [-0.25, -0.2) is 0 Å². The van der Waals surface area contributed by atoms with E-state index in [1.807, 2.05) is 6.07 Å². The molecule has 1 aliphatic heterocycles. The normalized spacial score (nSPS) is 12.9. The third-order valence-electron chi connectivity index (χ3n) is 3.76. The Balaban J connectivity index is 2.19. The molecule has 1 aliphatic rings. The van der Waals surface area contributed by atoms with Gasteiger partial charge in [0.15, 0.2) is 11.5 Å². The molecule has 21 heavy (non-hydrogen) atoms. The zero-order valence-electron chi connectivity index (χ0n) is 12.3. The average Bonchev–Trinajstić information content (AvgIpc) is 2.92. The van der Waals surface area contributed by atoms with Crippen molar-refractivity contribution in [3.8, 4) is 17.2 Å². The molecule has 5 nitrogen and oxygen atoms in total. The van der Waals surface area contributed by atoms with E-state index >= 15 is 0 Å².